The van der Waals surface area contributed by atoms with Gasteiger partial charge < -0.3 is 19.1 Å². The number of carbonyl (C=O) groups excluding carboxylic acids is 2. The number of amides is 1. The van der Waals surface area contributed by atoms with E-state index in [4.69, 9.17) is 14.2 Å². The zero-order chi connectivity index (χ0) is 28.8. The van der Waals surface area contributed by atoms with E-state index in [1.54, 1.807) is 32.9 Å². The highest BCUT2D eigenvalue weighted by molar-refractivity contribution is 8.00. The van der Waals surface area contributed by atoms with Crippen LogP contribution in [0.4, 0.5) is 5.69 Å². The number of hydrogen-bond donors (Lipinski definition) is 0. The van der Waals surface area contributed by atoms with Crippen molar-refractivity contribution in [1.29, 1.82) is 0 Å². The van der Waals surface area contributed by atoms with Gasteiger partial charge in [0.05, 0.1) is 26.5 Å². The summed E-state index contributed by atoms with van der Waals surface area (Å²) in [5, 5.41) is -0.211. The minimum absolute atomic E-state index is 0.00399. The second-order valence-corrected chi connectivity index (χ2v) is 11.6. The number of piperidine rings is 1. The van der Waals surface area contributed by atoms with Crippen LogP contribution in [0.3, 0.4) is 0 Å². The molecule has 1 amide bonds. The number of thioether (sulfide) groups is 1. The van der Waals surface area contributed by atoms with Crippen LogP contribution in [0.25, 0.3) is 0 Å². The van der Waals surface area contributed by atoms with Gasteiger partial charge in [-0.1, -0.05) is 23.9 Å². The lowest BCUT2D eigenvalue weighted by Crippen LogP contribution is -2.37. The van der Waals surface area contributed by atoms with Crippen molar-refractivity contribution >= 4 is 29.1 Å². The molecule has 7 nitrogen and oxygen atoms in total. The summed E-state index contributed by atoms with van der Waals surface area (Å²) >= 11 is 1.66. The van der Waals surface area contributed by atoms with Gasteiger partial charge in [0.15, 0.2) is 5.78 Å². The Bertz CT molecular complexity index is 1350. The fourth-order valence-electron chi connectivity index (χ4n) is 5.60. The molecule has 1 unspecified atom stereocenters. The topological polar surface area (TPSA) is 68.3 Å². The number of para-hydroxylation sites is 1. The number of ether oxygens (including phenoxy) is 3. The molecule has 1 saturated heterocycles. The molecule has 0 radical (unpaired) electrons. The summed E-state index contributed by atoms with van der Waals surface area (Å²) in [6.07, 6.45) is 3.73. The van der Waals surface area contributed by atoms with Gasteiger partial charge in [-0.2, -0.15) is 0 Å². The summed E-state index contributed by atoms with van der Waals surface area (Å²) in [6.45, 7) is 5.07. The predicted octanol–water partition coefficient (Wildman–Crippen LogP) is 6.62. The summed E-state index contributed by atoms with van der Waals surface area (Å²) in [4.78, 5) is 31.0. The lowest BCUT2D eigenvalue weighted by molar-refractivity contribution is -0.116. The number of unbranched alkanes of at least 4 members (excludes halogenated alkanes) is 1. The Morgan fingerprint density at radius 1 is 0.902 bits per heavy atom. The maximum Gasteiger partial charge on any atom is 0.225 e. The number of fused-ring (bicyclic) bond motifs is 1. The minimum atomic E-state index is -0.211. The highest BCUT2D eigenvalue weighted by Crippen LogP contribution is 2.53. The van der Waals surface area contributed by atoms with Gasteiger partial charge in [0.2, 0.25) is 5.91 Å². The predicted molar refractivity (Wildman–Crippen MR) is 162 cm³/mol. The van der Waals surface area contributed by atoms with Crippen LogP contribution in [0, 0.1) is 5.92 Å². The van der Waals surface area contributed by atoms with E-state index in [2.05, 4.69) is 11.0 Å². The molecule has 0 aliphatic carbocycles. The molecule has 3 aromatic carbocycles. The molecule has 0 N–H and O–H groups in total. The van der Waals surface area contributed by atoms with Gasteiger partial charge >= 0.3 is 0 Å². The number of ketones is 1. The molecule has 2 aliphatic rings. The molecule has 0 saturated carbocycles. The molecule has 0 spiro atoms. The van der Waals surface area contributed by atoms with E-state index in [1.165, 1.54) is 0 Å². The minimum Gasteiger partial charge on any atom is -0.497 e. The Balaban J connectivity index is 1.11. The van der Waals surface area contributed by atoms with E-state index in [-0.39, 0.29) is 23.0 Å². The van der Waals surface area contributed by atoms with Crippen molar-refractivity contribution in [2.45, 2.75) is 42.9 Å². The van der Waals surface area contributed by atoms with Crippen molar-refractivity contribution in [3.63, 3.8) is 0 Å². The molecule has 2 heterocycles. The highest BCUT2D eigenvalue weighted by Gasteiger charge is 2.36. The summed E-state index contributed by atoms with van der Waals surface area (Å²) in [5.74, 6) is 2.61. The number of benzene rings is 3. The molecule has 0 aromatic heterocycles. The van der Waals surface area contributed by atoms with Crippen LogP contribution in [0.5, 0.6) is 17.2 Å². The number of likely N-dealkylation sites (tertiary alicyclic amines) is 1. The summed E-state index contributed by atoms with van der Waals surface area (Å²) in [7, 11) is 3.28. The molecule has 216 valence electrons. The maximum atomic E-state index is 12.9. The van der Waals surface area contributed by atoms with Gasteiger partial charge in [-0.05, 0) is 99.9 Å². The number of anilines is 1. The van der Waals surface area contributed by atoms with Crippen molar-refractivity contribution < 1.29 is 23.8 Å². The zero-order valence-corrected chi connectivity index (χ0v) is 24.8. The number of carbonyl (C=O) groups is 2. The Morgan fingerprint density at radius 3 is 2.32 bits per heavy atom. The van der Waals surface area contributed by atoms with Crippen molar-refractivity contribution in [1.82, 2.24) is 4.90 Å². The monoisotopic (exact) mass is 574 g/mol. The van der Waals surface area contributed by atoms with E-state index in [1.807, 2.05) is 65.6 Å². The Morgan fingerprint density at radius 2 is 1.61 bits per heavy atom. The third-order valence-corrected chi connectivity index (χ3v) is 9.17. The molecule has 3 aromatic rings. The van der Waals surface area contributed by atoms with E-state index in [0.29, 0.717) is 6.61 Å². The molecule has 2 aliphatic heterocycles. The molecule has 8 heteroatoms. The van der Waals surface area contributed by atoms with E-state index in [0.717, 1.165) is 84.3 Å². The van der Waals surface area contributed by atoms with Gasteiger partial charge in [-0.15, -0.1) is 0 Å². The summed E-state index contributed by atoms with van der Waals surface area (Å²) < 4.78 is 17.0. The lowest BCUT2D eigenvalue weighted by Gasteiger charge is -2.31. The van der Waals surface area contributed by atoms with Gasteiger partial charge in [-0.25, -0.2) is 0 Å². The largest absolute Gasteiger partial charge is 0.497 e. The average molecular weight is 575 g/mol. The number of nitrogens with zero attached hydrogens (tertiary/aromatic N) is 2. The number of Topliss-reactive ketones (excluding diaryl/α,β-unsaturated/α-hetero) is 1. The highest BCUT2D eigenvalue weighted by atomic mass is 32.2. The second kappa shape index (κ2) is 13.4. The first-order chi connectivity index (χ1) is 20.0. The SMILES string of the molecule is COc1ccc(C(=O)C2CCN(CCCCOc3ccc(OC)cc3C3Sc4ccccc4N3C(C)=O)CC2)cc1. The second-order valence-electron chi connectivity index (χ2n) is 10.5. The first-order valence-corrected chi connectivity index (χ1v) is 15.1. The Kier molecular flexibility index (Phi) is 9.52. The normalized spacial score (nSPS) is 17.2. The van der Waals surface area contributed by atoms with Gasteiger partial charge in [0.1, 0.15) is 22.6 Å². The number of rotatable bonds is 11. The first-order valence-electron chi connectivity index (χ1n) is 14.3. The third-order valence-electron chi connectivity index (χ3n) is 7.88. The zero-order valence-electron chi connectivity index (χ0n) is 24.0. The Hall–Kier alpha value is -3.49. The van der Waals surface area contributed by atoms with Crippen LogP contribution >= 0.6 is 11.8 Å². The summed E-state index contributed by atoms with van der Waals surface area (Å²) in [5.41, 5.74) is 2.63. The van der Waals surface area contributed by atoms with Crippen molar-refractivity contribution in [2.75, 3.05) is 45.4 Å². The van der Waals surface area contributed by atoms with Crippen molar-refractivity contribution in [2.24, 2.45) is 5.92 Å². The van der Waals surface area contributed by atoms with Crippen LogP contribution in [-0.4, -0.2) is 57.1 Å². The van der Waals surface area contributed by atoms with E-state index < -0.39 is 0 Å². The lowest BCUT2D eigenvalue weighted by atomic mass is 9.89. The summed E-state index contributed by atoms with van der Waals surface area (Å²) in [6, 6.07) is 21.3. The number of hydrogen-bond acceptors (Lipinski definition) is 7. The first kappa shape index (κ1) is 29.0. The van der Waals surface area contributed by atoms with Crippen LogP contribution in [0.15, 0.2) is 71.6 Å². The molecule has 1 fully saturated rings. The third kappa shape index (κ3) is 6.71. The average Bonchev–Trinajstić information content (AvgIpc) is 3.41. The molecule has 41 heavy (non-hydrogen) atoms. The van der Waals surface area contributed by atoms with Crippen molar-refractivity contribution in [3.8, 4) is 17.2 Å². The fraction of sp³-hybridized carbons (Fsp3) is 0.394. The van der Waals surface area contributed by atoms with Gasteiger partial charge in [0, 0.05) is 28.9 Å². The van der Waals surface area contributed by atoms with E-state index >= 15 is 0 Å². The maximum absolute atomic E-state index is 12.9. The van der Waals surface area contributed by atoms with Crippen LogP contribution < -0.4 is 19.1 Å². The molecule has 1 atom stereocenters. The smallest absolute Gasteiger partial charge is 0.225 e. The molecular weight excluding hydrogens is 536 g/mol. The van der Waals surface area contributed by atoms with Crippen molar-refractivity contribution in [3.05, 3.63) is 77.9 Å². The number of methoxy groups -OCH3 is 2. The standard InChI is InChI=1S/C33H38N2O5S/c1-23(36)35-29-8-4-5-9-31(29)41-33(35)28-22-27(39-3)14-15-30(28)40-21-7-6-18-34-19-16-25(17-20-34)32(37)24-10-12-26(38-2)13-11-24/h4-5,8-15,22,25,33H,6-7,16-21H2,1-3H3. The van der Waals surface area contributed by atoms with Crippen LogP contribution in [0.1, 0.15) is 53.9 Å². The Labute approximate surface area is 246 Å². The molecule has 5 rings (SSSR count). The molecular formula is C33H38N2O5S. The van der Waals surface area contributed by atoms with E-state index in [9.17, 15) is 9.59 Å². The van der Waals surface area contributed by atoms with Crippen LogP contribution in [0.2, 0.25) is 0 Å². The fourth-order valence-corrected chi connectivity index (χ4v) is 6.96. The quantitative estimate of drug-likeness (QED) is 0.188. The van der Waals surface area contributed by atoms with Gasteiger partial charge in [0.25, 0.3) is 0 Å². The molecule has 0 bridgehead atoms. The van der Waals surface area contributed by atoms with Crippen LogP contribution in [-0.2, 0) is 4.79 Å². The van der Waals surface area contributed by atoms with Gasteiger partial charge in [-0.3, -0.25) is 14.5 Å².